The number of nitrogens with zero attached hydrogens (tertiary/aromatic N) is 3. The molecule has 1 aromatic carbocycles. The Bertz CT molecular complexity index is 768. The van der Waals surface area contributed by atoms with Gasteiger partial charge in [-0.3, -0.25) is 4.98 Å². The Balaban J connectivity index is 1.58. The van der Waals surface area contributed by atoms with Crippen molar-refractivity contribution in [2.24, 2.45) is 4.99 Å². The maximum atomic E-state index is 8.80. The van der Waals surface area contributed by atoms with Crippen molar-refractivity contribution < 1.29 is 4.74 Å². The molecule has 2 rings (SSSR count). The number of benzene rings is 1. The molecule has 0 saturated heterocycles. The van der Waals surface area contributed by atoms with E-state index in [-0.39, 0.29) is 0 Å². The summed E-state index contributed by atoms with van der Waals surface area (Å²) in [7, 11) is 0. The molecule has 0 unspecified atom stereocenters. The molecule has 0 aliphatic carbocycles. The van der Waals surface area contributed by atoms with Gasteiger partial charge in [0.2, 0.25) is 12.2 Å². The molecular weight excluding hydrogens is 338 g/mol. The quantitative estimate of drug-likeness (QED) is 0.301. The molecule has 0 atom stereocenters. The first kappa shape index (κ1) is 20.2. The van der Waals surface area contributed by atoms with Gasteiger partial charge in [-0.2, -0.15) is 5.26 Å². The molecule has 0 fully saturated rings. The zero-order valence-electron chi connectivity index (χ0n) is 16.0. The van der Waals surface area contributed by atoms with Gasteiger partial charge in [-0.15, -0.1) is 4.99 Å². The molecule has 2 aromatic rings. The zero-order valence-corrected chi connectivity index (χ0v) is 16.0. The number of aliphatic imine (C=N–C) groups is 1. The number of unbranched alkanes of at least 4 members (excludes halogenated alkanes) is 3. The average molecular weight is 365 g/mol. The van der Waals surface area contributed by atoms with Crippen LogP contribution in [-0.4, -0.2) is 24.1 Å². The monoisotopic (exact) mass is 365 g/mol. The van der Waals surface area contributed by atoms with Gasteiger partial charge >= 0.3 is 0 Å². The van der Waals surface area contributed by atoms with E-state index < -0.39 is 0 Å². The molecule has 0 radical (unpaired) electrons. The lowest BCUT2D eigenvalue weighted by Gasteiger charge is -2.11. The number of guanidine groups is 1. The molecular formula is C21H27N5O. The lowest BCUT2D eigenvalue weighted by atomic mass is 10.1. The van der Waals surface area contributed by atoms with Gasteiger partial charge < -0.3 is 15.4 Å². The van der Waals surface area contributed by atoms with Crippen molar-refractivity contribution in [3.63, 3.8) is 0 Å². The van der Waals surface area contributed by atoms with E-state index in [4.69, 9.17) is 10.00 Å². The summed E-state index contributed by atoms with van der Waals surface area (Å²) in [5.74, 6) is 1.44. The number of pyridine rings is 1. The Labute approximate surface area is 161 Å². The number of aromatic nitrogens is 1. The average Bonchev–Trinajstić information content (AvgIpc) is 2.67. The highest BCUT2D eigenvalue weighted by Gasteiger charge is 2.01. The van der Waals surface area contributed by atoms with Crippen LogP contribution in [0, 0.1) is 25.3 Å². The summed E-state index contributed by atoms with van der Waals surface area (Å²) in [5, 5.41) is 15.0. The molecule has 0 bridgehead atoms. The number of nitriles is 1. The standard InChI is InChI=1S/C21H27N5O/c1-17-7-8-18(2)20(15-17)27-14-6-4-3-5-11-24-21(25-16-22)26-19-9-12-23-13-10-19/h7-10,12-13,15H,3-6,11,14H2,1-2H3,(H2,23,24,25,26). The fourth-order valence-corrected chi connectivity index (χ4v) is 2.57. The smallest absolute Gasteiger partial charge is 0.211 e. The van der Waals surface area contributed by atoms with Gasteiger partial charge in [0, 0.05) is 24.6 Å². The van der Waals surface area contributed by atoms with Crippen LogP contribution in [0.25, 0.3) is 0 Å². The van der Waals surface area contributed by atoms with Crippen LogP contribution in [-0.2, 0) is 0 Å². The number of ether oxygens (including phenoxy) is 1. The highest BCUT2D eigenvalue weighted by atomic mass is 16.5. The van der Waals surface area contributed by atoms with Crippen LogP contribution in [0.4, 0.5) is 5.69 Å². The number of aryl methyl sites for hydroxylation is 2. The maximum Gasteiger partial charge on any atom is 0.211 e. The van der Waals surface area contributed by atoms with Crippen LogP contribution in [0.5, 0.6) is 5.75 Å². The zero-order chi connectivity index (χ0) is 19.3. The number of anilines is 1. The minimum atomic E-state index is 0.460. The number of rotatable bonds is 9. The first-order valence-corrected chi connectivity index (χ1v) is 9.27. The topological polar surface area (TPSA) is 82.3 Å². The van der Waals surface area contributed by atoms with Crippen LogP contribution < -0.4 is 15.4 Å². The minimum Gasteiger partial charge on any atom is -0.493 e. The largest absolute Gasteiger partial charge is 0.493 e. The summed E-state index contributed by atoms with van der Waals surface area (Å²) in [6.45, 7) is 5.65. The van der Waals surface area contributed by atoms with E-state index in [9.17, 15) is 0 Å². The molecule has 6 nitrogen and oxygen atoms in total. The Morgan fingerprint density at radius 2 is 1.89 bits per heavy atom. The number of hydrogen-bond donors (Lipinski definition) is 2. The summed E-state index contributed by atoms with van der Waals surface area (Å²) in [5.41, 5.74) is 3.24. The minimum absolute atomic E-state index is 0.460. The molecule has 142 valence electrons. The SMILES string of the molecule is Cc1ccc(C)c(OCCCCCCN/C(=N\C#N)Nc2ccncc2)c1. The molecule has 0 saturated carbocycles. The molecule has 6 heteroatoms. The van der Waals surface area contributed by atoms with Crippen LogP contribution in [0.2, 0.25) is 0 Å². The van der Waals surface area contributed by atoms with Crippen molar-refractivity contribution in [2.45, 2.75) is 39.5 Å². The van der Waals surface area contributed by atoms with Gasteiger partial charge in [-0.05, 0) is 56.0 Å². The summed E-state index contributed by atoms with van der Waals surface area (Å²) in [6.07, 6.45) is 9.42. The molecule has 1 aromatic heterocycles. The maximum absolute atomic E-state index is 8.80. The first-order valence-electron chi connectivity index (χ1n) is 9.27. The van der Waals surface area contributed by atoms with Gasteiger partial charge in [-0.1, -0.05) is 25.0 Å². The van der Waals surface area contributed by atoms with Gasteiger partial charge in [0.15, 0.2) is 0 Å². The van der Waals surface area contributed by atoms with Crippen molar-refractivity contribution in [2.75, 3.05) is 18.5 Å². The third-order valence-electron chi connectivity index (χ3n) is 4.07. The second kappa shape index (κ2) is 11.5. The van der Waals surface area contributed by atoms with Gasteiger partial charge in [-0.25, -0.2) is 0 Å². The second-order valence-corrected chi connectivity index (χ2v) is 6.38. The second-order valence-electron chi connectivity index (χ2n) is 6.38. The van der Waals surface area contributed by atoms with E-state index in [0.29, 0.717) is 5.96 Å². The van der Waals surface area contributed by atoms with Crippen LogP contribution in [0.3, 0.4) is 0 Å². The predicted octanol–water partition coefficient (Wildman–Crippen LogP) is 4.18. The number of hydrogen-bond acceptors (Lipinski definition) is 4. The van der Waals surface area contributed by atoms with E-state index >= 15 is 0 Å². The van der Waals surface area contributed by atoms with Gasteiger partial charge in [0.1, 0.15) is 5.75 Å². The first-order chi connectivity index (χ1) is 13.2. The fraction of sp³-hybridized carbons (Fsp3) is 0.381. The normalized spacial score (nSPS) is 10.9. The number of nitrogens with one attached hydrogen (secondary N) is 2. The molecule has 0 aliphatic heterocycles. The Morgan fingerprint density at radius 3 is 2.67 bits per heavy atom. The predicted molar refractivity (Wildman–Crippen MR) is 109 cm³/mol. The van der Waals surface area contributed by atoms with Crippen molar-refractivity contribution >= 4 is 11.6 Å². The van der Waals surface area contributed by atoms with E-state index in [1.807, 2.05) is 18.3 Å². The Morgan fingerprint density at radius 1 is 1.11 bits per heavy atom. The molecule has 0 spiro atoms. The third kappa shape index (κ3) is 7.78. The van der Waals surface area contributed by atoms with Crippen LogP contribution >= 0.6 is 0 Å². The fourth-order valence-electron chi connectivity index (χ4n) is 2.57. The Kier molecular flexibility index (Phi) is 8.64. The van der Waals surface area contributed by atoms with E-state index in [0.717, 1.165) is 50.3 Å². The Hall–Kier alpha value is -3.07. The lowest BCUT2D eigenvalue weighted by Crippen LogP contribution is -2.31. The van der Waals surface area contributed by atoms with E-state index in [1.54, 1.807) is 12.4 Å². The molecule has 27 heavy (non-hydrogen) atoms. The van der Waals surface area contributed by atoms with Crippen LogP contribution in [0.1, 0.15) is 36.8 Å². The van der Waals surface area contributed by atoms with Crippen molar-refractivity contribution in [3.05, 3.63) is 53.9 Å². The van der Waals surface area contributed by atoms with Crippen molar-refractivity contribution in [3.8, 4) is 11.9 Å². The molecule has 0 aliphatic rings. The van der Waals surface area contributed by atoms with E-state index in [1.165, 1.54) is 11.1 Å². The van der Waals surface area contributed by atoms with Crippen molar-refractivity contribution in [1.82, 2.24) is 10.3 Å². The van der Waals surface area contributed by atoms with Gasteiger partial charge in [0.25, 0.3) is 0 Å². The highest BCUT2D eigenvalue weighted by Crippen LogP contribution is 2.19. The van der Waals surface area contributed by atoms with Crippen molar-refractivity contribution in [1.29, 1.82) is 5.26 Å². The van der Waals surface area contributed by atoms with Gasteiger partial charge in [0.05, 0.1) is 6.61 Å². The third-order valence-corrected chi connectivity index (χ3v) is 4.07. The highest BCUT2D eigenvalue weighted by molar-refractivity contribution is 5.94. The summed E-state index contributed by atoms with van der Waals surface area (Å²) >= 11 is 0. The molecule has 0 amide bonds. The molecule has 2 N–H and O–H groups in total. The summed E-state index contributed by atoms with van der Waals surface area (Å²) in [4.78, 5) is 7.74. The van der Waals surface area contributed by atoms with E-state index in [2.05, 4.69) is 52.7 Å². The summed E-state index contributed by atoms with van der Waals surface area (Å²) in [6, 6.07) is 9.93. The van der Waals surface area contributed by atoms with Crippen LogP contribution in [0.15, 0.2) is 47.7 Å². The molecule has 1 heterocycles. The lowest BCUT2D eigenvalue weighted by molar-refractivity contribution is 0.302. The summed E-state index contributed by atoms with van der Waals surface area (Å²) < 4.78 is 5.87.